The molecule has 16 heavy (non-hydrogen) atoms. The lowest BCUT2D eigenvalue weighted by Crippen LogP contribution is -2.16. The highest BCUT2D eigenvalue weighted by Crippen LogP contribution is 2.39. The van der Waals surface area contributed by atoms with Crippen LogP contribution in [-0.2, 0) is 6.42 Å². The Bertz CT molecular complexity index is 484. The summed E-state index contributed by atoms with van der Waals surface area (Å²) in [6.45, 7) is 4.11. The quantitative estimate of drug-likeness (QED) is 0.794. The first kappa shape index (κ1) is 10.2. The van der Waals surface area contributed by atoms with E-state index >= 15 is 0 Å². The number of nitrogens with one attached hydrogen (secondary N) is 1. The van der Waals surface area contributed by atoms with E-state index in [0.717, 1.165) is 35.3 Å². The first-order valence-electron chi connectivity index (χ1n) is 5.80. The van der Waals surface area contributed by atoms with Crippen molar-refractivity contribution < 1.29 is 0 Å². The molecule has 1 N–H and O–H groups in total. The van der Waals surface area contributed by atoms with E-state index in [4.69, 9.17) is 0 Å². The van der Waals surface area contributed by atoms with E-state index in [9.17, 15) is 0 Å². The van der Waals surface area contributed by atoms with E-state index in [1.54, 1.807) is 11.3 Å². The summed E-state index contributed by atoms with van der Waals surface area (Å²) in [7, 11) is 0. The van der Waals surface area contributed by atoms with Gasteiger partial charge < -0.3 is 5.32 Å². The number of aromatic nitrogens is 4. The zero-order valence-corrected chi connectivity index (χ0v) is 10.1. The lowest BCUT2D eigenvalue weighted by molar-refractivity contribution is 0.702. The van der Waals surface area contributed by atoms with Gasteiger partial charge >= 0.3 is 0 Å². The molecule has 1 saturated carbocycles. The largest absolute Gasteiger partial charge is 0.317 e. The predicted molar refractivity (Wildman–Crippen MR) is 62.9 cm³/mol. The maximum atomic E-state index is 4.58. The third-order valence-corrected chi connectivity index (χ3v) is 3.72. The van der Waals surface area contributed by atoms with Gasteiger partial charge in [0.05, 0.1) is 0 Å². The molecule has 0 spiro atoms. The number of fused-ring (bicyclic) bond motifs is 1. The summed E-state index contributed by atoms with van der Waals surface area (Å²) in [6.07, 6.45) is 3.46. The van der Waals surface area contributed by atoms with Crippen molar-refractivity contribution in [2.24, 2.45) is 0 Å². The van der Waals surface area contributed by atoms with Gasteiger partial charge in [-0.2, -0.15) is 9.61 Å². The molecule has 0 atom stereocenters. The van der Waals surface area contributed by atoms with Crippen LogP contribution >= 0.6 is 11.3 Å². The van der Waals surface area contributed by atoms with Crippen LogP contribution in [0, 0.1) is 0 Å². The van der Waals surface area contributed by atoms with Crippen LogP contribution in [0.5, 0.6) is 0 Å². The molecule has 1 aliphatic carbocycles. The van der Waals surface area contributed by atoms with E-state index in [1.807, 2.05) is 4.52 Å². The first-order valence-corrected chi connectivity index (χ1v) is 6.62. The zero-order valence-electron chi connectivity index (χ0n) is 9.31. The van der Waals surface area contributed by atoms with Crippen molar-refractivity contribution in [3.8, 4) is 0 Å². The molecule has 0 saturated heterocycles. The molecule has 2 aromatic rings. The number of likely N-dealkylation sites (N-methyl/N-ethyl adjacent to an activating group) is 1. The summed E-state index contributed by atoms with van der Waals surface area (Å²) in [6, 6.07) is 0. The normalized spacial score (nSPS) is 16.1. The number of rotatable bonds is 5. The zero-order chi connectivity index (χ0) is 11.0. The number of nitrogens with zero attached hydrogens (tertiary/aromatic N) is 4. The molecule has 6 heteroatoms. The fraction of sp³-hybridized carbons (Fsp3) is 0.700. The van der Waals surface area contributed by atoms with Gasteiger partial charge in [0.2, 0.25) is 4.96 Å². The highest BCUT2D eigenvalue weighted by atomic mass is 32.1. The number of hydrogen-bond acceptors (Lipinski definition) is 5. The van der Waals surface area contributed by atoms with Gasteiger partial charge in [0.1, 0.15) is 5.01 Å². The molecule has 1 fully saturated rings. The second kappa shape index (κ2) is 4.10. The van der Waals surface area contributed by atoms with Crippen LogP contribution in [0.2, 0.25) is 0 Å². The summed E-state index contributed by atoms with van der Waals surface area (Å²) in [5.41, 5.74) is 0. The maximum Gasteiger partial charge on any atom is 0.234 e. The predicted octanol–water partition coefficient (Wildman–Crippen LogP) is 1.22. The molecule has 0 unspecified atom stereocenters. The lowest BCUT2D eigenvalue weighted by atomic mass is 10.4. The van der Waals surface area contributed by atoms with E-state index in [1.165, 1.54) is 12.8 Å². The second-order valence-corrected chi connectivity index (χ2v) is 5.17. The topological polar surface area (TPSA) is 55.1 Å². The fourth-order valence-electron chi connectivity index (χ4n) is 1.74. The summed E-state index contributed by atoms with van der Waals surface area (Å²) >= 11 is 1.65. The van der Waals surface area contributed by atoms with Crippen molar-refractivity contribution >= 4 is 16.3 Å². The van der Waals surface area contributed by atoms with Crippen LogP contribution in [0.4, 0.5) is 0 Å². The molecule has 0 aromatic carbocycles. The van der Waals surface area contributed by atoms with Gasteiger partial charge in [-0.3, -0.25) is 0 Å². The van der Waals surface area contributed by atoms with Crippen molar-refractivity contribution in [1.82, 2.24) is 25.1 Å². The molecular weight excluding hydrogens is 222 g/mol. The molecule has 5 nitrogen and oxygen atoms in total. The van der Waals surface area contributed by atoms with Crippen molar-refractivity contribution in [1.29, 1.82) is 0 Å². The standard InChI is InChI=1S/C10H15N5S/c1-2-11-6-5-8-14-15-9(7-3-4-7)12-13-10(15)16-8/h7,11H,2-6H2,1H3. The molecule has 3 rings (SSSR count). The molecule has 2 aromatic heterocycles. The molecule has 0 aliphatic heterocycles. The summed E-state index contributed by atoms with van der Waals surface area (Å²) < 4.78 is 1.93. The van der Waals surface area contributed by atoms with Gasteiger partial charge in [-0.25, -0.2) is 0 Å². The molecular formula is C10H15N5S. The average molecular weight is 237 g/mol. The molecule has 0 amide bonds. The summed E-state index contributed by atoms with van der Waals surface area (Å²) in [5, 5.41) is 17.4. The van der Waals surface area contributed by atoms with Gasteiger partial charge in [0, 0.05) is 18.9 Å². The third kappa shape index (κ3) is 1.82. The lowest BCUT2D eigenvalue weighted by Gasteiger charge is -1.96. The van der Waals surface area contributed by atoms with Crippen molar-refractivity contribution in [3.63, 3.8) is 0 Å². The van der Waals surface area contributed by atoms with Crippen LogP contribution in [0.25, 0.3) is 4.96 Å². The third-order valence-electron chi connectivity index (χ3n) is 2.76. The Kier molecular flexibility index (Phi) is 2.61. The molecule has 1 aliphatic rings. The van der Waals surface area contributed by atoms with Crippen molar-refractivity contribution in [2.75, 3.05) is 13.1 Å². The Morgan fingerprint density at radius 3 is 3.06 bits per heavy atom. The van der Waals surface area contributed by atoms with Crippen molar-refractivity contribution in [2.45, 2.75) is 32.1 Å². The Morgan fingerprint density at radius 1 is 1.44 bits per heavy atom. The Morgan fingerprint density at radius 2 is 2.31 bits per heavy atom. The second-order valence-electron chi connectivity index (χ2n) is 4.13. The van der Waals surface area contributed by atoms with Crippen LogP contribution < -0.4 is 5.32 Å². The molecule has 2 heterocycles. The maximum absolute atomic E-state index is 4.58. The summed E-state index contributed by atoms with van der Waals surface area (Å²) in [5.74, 6) is 1.67. The smallest absolute Gasteiger partial charge is 0.234 e. The first-order chi connectivity index (χ1) is 7.88. The van der Waals surface area contributed by atoms with Gasteiger partial charge in [0.15, 0.2) is 5.82 Å². The van der Waals surface area contributed by atoms with Gasteiger partial charge in [0.25, 0.3) is 0 Å². The monoisotopic (exact) mass is 237 g/mol. The summed E-state index contributed by atoms with van der Waals surface area (Å²) in [4.78, 5) is 0.938. The minimum Gasteiger partial charge on any atom is -0.317 e. The molecule has 0 radical (unpaired) electrons. The average Bonchev–Trinajstić information content (AvgIpc) is 2.91. The van der Waals surface area contributed by atoms with E-state index < -0.39 is 0 Å². The van der Waals surface area contributed by atoms with Crippen LogP contribution in [-0.4, -0.2) is 32.9 Å². The van der Waals surface area contributed by atoms with Gasteiger partial charge in [-0.1, -0.05) is 18.3 Å². The molecule has 86 valence electrons. The number of hydrogen-bond donors (Lipinski definition) is 1. The van der Waals surface area contributed by atoms with Gasteiger partial charge in [-0.15, -0.1) is 10.2 Å². The highest BCUT2D eigenvalue weighted by Gasteiger charge is 2.29. The van der Waals surface area contributed by atoms with Crippen LogP contribution in [0.15, 0.2) is 0 Å². The van der Waals surface area contributed by atoms with Gasteiger partial charge in [-0.05, 0) is 19.4 Å². The minimum absolute atomic E-state index is 0.610. The fourth-order valence-corrected chi connectivity index (χ4v) is 2.58. The molecule has 0 bridgehead atoms. The highest BCUT2D eigenvalue weighted by molar-refractivity contribution is 7.16. The van der Waals surface area contributed by atoms with Crippen LogP contribution in [0.1, 0.15) is 36.5 Å². The SMILES string of the molecule is CCNCCc1nn2c(C3CC3)nnc2s1. The van der Waals surface area contributed by atoms with E-state index in [0.29, 0.717) is 5.92 Å². The minimum atomic E-state index is 0.610. The Hall–Kier alpha value is -1.01. The van der Waals surface area contributed by atoms with Crippen molar-refractivity contribution in [3.05, 3.63) is 10.8 Å². The Labute approximate surface area is 97.9 Å². The van der Waals surface area contributed by atoms with E-state index in [2.05, 4.69) is 27.5 Å². The Balaban J connectivity index is 1.80. The van der Waals surface area contributed by atoms with Crippen LogP contribution in [0.3, 0.4) is 0 Å². The van der Waals surface area contributed by atoms with E-state index in [-0.39, 0.29) is 0 Å².